The summed E-state index contributed by atoms with van der Waals surface area (Å²) in [7, 11) is -4.21. The molecule has 3 atom stereocenters. The van der Waals surface area contributed by atoms with Gasteiger partial charge in [0.15, 0.2) is 0 Å². The number of hydrogen-bond donors (Lipinski definition) is 1. The lowest BCUT2D eigenvalue weighted by Crippen LogP contribution is -2.04. The zero-order chi connectivity index (χ0) is 15.1. The van der Waals surface area contributed by atoms with Gasteiger partial charge in [0.2, 0.25) is 0 Å². The van der Waals surface area contributed by atoms with Crippen molar-refractivity contribution in [1.82, 2.24) is 0 Å². The largest absolute Gasteiger partial charge is 0.294 e. The first-order valence-electron chi connectivity index (χ1n) is 6.63. The van der Waals surface area contributed by atoms with E-state index < -0.39 is 27.9 Å². The van der Waals surface area contributed by atoms with Gasteiger partial charge in [0, 0.05) is 11.8 Å². The smallest absolute Gasteiger partial charge is 0.282 e. The number of benzene rings is 1. The third-order valence-corrected chi connectivity index (χ3v) is 5.14. The molecule has 112 valence electrons. The van der Waals surface area contributed by atoms with Crippen LogP contribution in [0, 0.1) is 11.8 Å². The van der Waals surface area contributed by atoms with Crippen LogP contribution in [0.15, 0.2) is 29.2 Å². The Morgan fingerprint density at radius 3 is 2.15 bits per heavy atom. The summed E-state index contributed by atoms with van der Waals surface area (Å²) >= 11 is 0. The Bertz CT molecular complexity index is 581. The van der Waals surface area contributed by atoms with E-state index in [0.717, 1.165) is 5.56 Å². The van der Waals surface area contributed by atoms with Gasteiger partial charge in [-0.1, -0.05) is 26.0 Å². The van der Waals surface area contributed by atoms with Crippen molar-refractivity contribution >= 4 is 10.1 Å². The van der Waals surface area contributed by atoms with Crippen LogP contribution in [0.2, 0.25) is 0 Å². The fourth-order valence-electron chi connectivity index (χ4n) is 2.68. The van der Waals surface area contributed by atoms with Gasteiger partial charge in [-0.25, -0.2) is 8.78 Å². The molecule has 2 rings (SSSR count). The summed E-state index contributed by atoms with van der Waals surface area (Å²) < 4.78 is 57.4. The first-order chi connectivity index (χ1) is 9.17. The Balaban J connectivity index is 2.13. The Hall–Kier alpha value is -1.01. The molecule has 1 aliphatic carbocycles. The molecule has 0 bridgehead atoms. The highest BCUT2D eigenvalue weighted by Crippen LogP contribution is 2.58. The second-order valence-corrected chi connectivity index (χ2v) is 6.88. The first-order valence-corrected chi connectivity index (χ1v) is 8.07. The van der Waals surface area contributed by atoms with Crippen molar-refractivity contribution in [2.45, 2.75) is 43.4 Å². The Kier molecular flexibility index (Phi) is 3.90. The van der Waals surface area contributed by atoms with Crippen molar-refractivity contribution in [2.75, 3.05) is 0 Å². The second kappa shape index (κ2) is 5.07. The summed E-state index contributed by atoms with van der Waals surface area (Å²) in [4.78, 5) is -0.179. The summed E-state index contributed by atoms with van der Waals surface area (Å²) in [6, 6.07) is 5.79. The van der Waals surface area contributed by atoms with Crippen molar-refractivity contribution < 1.29 is 21.8 Å². The average Bonchev–Trinajstić information content (AvgIpc) is 2.84. The Morgan fingerprint density at radius 2 is 1.80 bits per heavy atom. The average molecular weight is 304 g/mol. The van der Waals surface area contributed by atoms with E-state index in [9.17, 15) is 17.2 Å². The van der Waals surface area contributed by atoms with Crippen LogP contribution in [-0.2, 0) is 10.1 Å². The highest BCUT2D eigenvalue weighted by Gasteiger charge is 2.64. The van der Waals surface area contributed by atoms with Gasteiger partial charge in [-0.2, -0.15) is 8.42 Å². The minimum atomic E-state index is -4.21. The predicted octanol–water partition coefficient (Wildman–Crippen LogP) is 3.72. The minimum Gasteiger partial charge on any atom is -0.282 e. The van der Waals surface area contributed by atoms with E-state index in [1.165, 1.54) is 12.1 Å². The van der Waals surface area contributed by atoms with Crippen LogP contribution in [-0.4, -0.2) is 18.9 Å². The summed E-state index contributed by atoms with van der Waals surface area (Å²) in [5.74, 6) is -3.75. The van der Waals surface area contributed by atoms with Gasteiger partial charge in [0.25, 0.3) is 16.0 Å². The molecule has 1 aromatic rings. The van der Waals surface area contributed by atoms with Gasteiger partial charge in [-0.3, -0.25) is 4.55 Å². The molecule has 0 aromatic heterocycles. The summed E-state index contributed by atoms with van der Waals surface area (Å²) in [5.41, 5.74) is 0.829. The van der Waals surface area contributed by atoms with Gasteiger partial charge in [0.1, 0.15) is 0 Å². The zero-order valence-corrected chi connectivity index (χ0v) is 12.2. The van der Waals surface area contributed by atoms with E-state index in [1.54, 1.807) is 19.1 Å². The van der Waals surface area contributed by atoms with E-state index in [2.05, 4.69) is 0 Å². The normalized spacial score (nSPS) is 26.2. The van der Waals surface area contributed by atoms with Gasteiger partial charge < -0.3 is 0 Å². The molecule has 3 unspecified atom stereocenters. The number of rotatable bonds is 5. The van der Waals surface area contributed by atoms with E-state index in [4.69, 9.17) is 4.55 Å². The van der Waals surface area contributed by atoms with Gasteiger partial charge in [-0.15, -0.1) is 0 Å². The molecule has 20 heavy (non-hydrogen) atoms. The van der Waals surface area contributed by atoms with E-state index in [1.807, 2.05) is 6.92 Å². The zero-order valence-electron chi connectivity index (χ0n) is 11.4. The van der Waals surface area contributed by atoms with Gasteiger partial charge in [0.05, 0.1) is 4.90 Å². The highest BCUT2D eigenvalue weighted by molar-refractivity contribution is 7.85. The Labute approximate surface area is 117 Å². The third-order valence-electron chi connectivity index (χ3n) is 4.28. The molecular formula is C14H18F2O3S. The van der Waals surface area contributed by atoms with Crippen LogP contribution in [0.4, 0.5) is 8.78 Å². The van der Waals surface area contributed by atoms with Crippen LogP contribution in [0.3, 0.4) is 0 Å². The molecule has 0 saturated heterocycles. The van der Waals surface area contributed by atoms with Crippen molar-refractivity contribution in [3.63, 3.8) is 0 Å². The van der Waals surface area contributed by atoms with E-state index >= 15 is 0 Å². The molecule has 1 fully saturated rings. The quantitative estimate of drug-likeness (QED) is 0.844. The van der Waals surface area contributed by atoms with Crippen molar-refractivity contribution in [3.8, 4) is 0 Å². The molecule has 0 aliphatic heterocycles. The third kappa shape index (κ3) is 2.86. The van der Waals surface area contributed by atoms with Gasteiger partial charge >= 0.3 is 0 Å². The van der Waals surface area contributed by atoms with Crippen molar-refractivity contribution in [1.29, 1.82) is 0 Å². The van der Waals surface area contributed by atoms with Crippen LogP contribution >= 0.6 is 0 Å². The maximum absolute atomic E-state index is 13.3. The summed E-state index contributed by atoms with van der Waals surface area (Å²) in [6.45, 7) is 3.48. The topological polar surface area (TPSA) is 54.4 Å². The van der Waals surface area contributed by atoms with E-state index in [-0.39, 0.29) is 10.8 Å². The second-order valence-electron chi connectivity index (χ2n) is 5.45. The lowest BCUT2D eigenvalue weighted by atomic mass is 9.91. The lowest BCUT2D eigenvalue weighted by molar-refractivity contribution is 0.0837. The highest BCUT2D eigenvalue weighted by atomic mass is 32.2. The molecule has 6 heteroatoms. The summed E-state index contributed by atoms with van der Waals surface area (Å²) in [5, 5.41) is 0. The van der Waals surface area contributed by atoms with Crippen LogP contribution < -0.4 is 0 Å². The number of hydrogen-bond acceptors (Lipinski definition) is 2. The Morgan fingerprint density at radius 1 is 1.30 bits per heavy atom. The summed E-state index contributed by atoms with van der Waals surface area (Å²) in [6.07, 6.45) is 1.11. The number of halogens is 2. The van der Waals surface area contributed by atoms with E-state index in [0.29, 0.717) is 12.8 Å². The van der Waals surface area contributed by atoms with Crippen molar-refractivity contribution in [2.24, 2.45) is 11.8 Å². The molecule has 0 radical (unpaired) electrons. The maximum atomic E-state index is 13.3. The SMILES string of the molecule is CCC(CC1C(C)C1(F)F)c1ccc(S(=O)(=O)O)cc1. The molecule has 0 heterocycles. The molecule has 1 N–H and O–H groups in total. The number of alkyl halides is 2. The van der Waals surface area contributed by atoms with Crippen LogP contribution in [0.5, 0.6) is 0 Å². The molecule has 1 aliphatic rings. The minimum absolute atomic E-state index is 0.0220. The van der Waals surface area contributed by atoms with Crippen LogP contribution in [0.25, 0.3) is 0 Å². The van der Waals surface area contributed by atoms with Crippen LogP contribution in [0.1, 0.15) is 38.2 Å². The molecule has 1 saturated carbocycles. The predicted molar refractivity (Wildman–Crippen MR) is 71.5 cm³/mol. The maximum Gasteiger partial charge on any atom is 0.294 e. The standard InChI is InChI=1S/C14H18F2O3S/c1-3-10(8-13-9(2)14(13,15)16)11-4-6-12(7-5-11)20(17,18)19/h4-7,9-10,13H,3,8H2,1-2H3,(H,17,18,19). The first kappa shape index (κ1) is 15.4. The molecule has 1 aromatic carbocycles. The molecule has 3 nitrogen and oxygen atoms in total. The lowest BCUT2D eigenvalue weighted by Gasteiger charge is -2.15. The fraction of sp³-hybridized carbons (Fsp3) is 0.571. The molecular weight excluding hydrogens is 286 g/mol. The fourth-order valence-corrected chi connectivity index (χ4v) is 3.16. The van der Waals surface area contributed by atoms with Crippen molar-refractivity contribution in [3.05, 3.63) is 29.8 Å². The monoisotopic (exact) mass is 304 g/mol. The van der Waals surface area contributed by atoms with Gasteiger partial charge in [-0.05, 0) is 36.5 Å². The molecule has 0 spiro atoms. The molecule has 0 amide bonds.